The van der Waals surface area contributed by atoms with Crippen molar-refractivity contribution in [1.29, 1.82) is 0 Å². The number of carbonyl (C=O) groups is 1. The Hall–Kier alpha value is -3.13. The third-order valence-corrected chi connectivity index (χ3v) is 4.59. The number of aromatic amines is 1. The van der Waals surface area contributed by atoms with Crippen molar-refractivity contribution in [2.45, 2.75) is 11.7 Å². The molecular formula is C20H19FN4O2S. The maximum Gasteiger partial charge on any atom is 0.230 e. The second-order valence-corrected chi connectivity index (χ2v) is 6.75. The predicted molar refractivity (Wildman–Crippen MR) is 107 cm³/mol. The molecule has 8 heteroatoms. The van der Waals surface area contributed by atoms with Crippen LogP contribution in [0.15, 0.2) is 53.7 Å². The summed E-state index contributed by atoms with van der Waals surface area (Å²) < 4.78 is 18.1. The standard InChI is InChI=1S/C20H19FN4O2S/c1-27-17-4-2-3-15(11-17)12-22-19(26)13-28-20-23-18(24-25-20)10-7-14-5-8-16(21)9-6-14/h2-11H,12-13H2,1H3,(H,22,26)(H,23,24,25)/b10-7+. The van der Waals surface area contributed by atoms with Crippen LogP contribution in [-0.2, 0) is 11.3 Å². The first kappa shape index (κ1) is 19.6. The molecule has 1 amide bonds. The normalized spacial score (nSPS) is 10.9. The van der Waals surface area contributed by atoms with E-state index in [1.807, 2.05) is 24.3 Å². The van der Waals surface area contributed by atoms with E-state index in [9.17, 15) is 9.18 Å². The fraction of sp³-hybridized carbons (Fsp3) is 0.150. The maximum absolute atomic E-state index is 12.9. The summed E-state index contributed by atoms with van der Waals surface area (Å²) in [5.41, 5.74) is 1.81. The predicted octanol–water partition coefficient (Wildman–Crippen LogP) is 3.53. The number of H-pyrrole nitrogens is 1. The molecule has 6 nitrogen and oxygen atoms in total. The van der Waals surface area contributed by atoms with Crippen LogP contribution in [0.2, 0.25) is 0 Å². The molecule has 0 aliphatic heterocycles. The molecule has 28 heavy (non-hydrogen) atoms. The van der Waals surface area contributed by atoms with Crippen molar-refractivity contribution in [3.8, 4) is 5.75 Å². The van der Waals surface area contributed by atoms with Gasteiger partial charge in [0, 0.05) is 6.54 Å². The van der Waals surface area contributed by atoms with Crippen LogP contribution in [0, 0.1) is 5.82 Å². The number of benzene rings is 2. The van der Waals surface area contributed by atoms with Crippen LogP contribution in [0.1, 0.15) is 17.0 Å². The maximum atomic E-state index is 12.9. The first-order valence-electron chi connectivity index (χ1n) is 8.51. The lowest BCUT2D eigenvalue weighted by molar-refractivity contribution is -0.118. The number of ether oxygens (including phenoxy) is 1. The molecule has 0 unspecified atom stereocenters. The Balaban J connectivity index is 1.45. The van der Waals surface area contributed by atoms with Gasteiger partial charge >= 0.3 is 0 Å². The van der Waals surface area contributed by atoms with Gasteiger partial charge in [-0.15, -0.1) is 5.10 Å². The topological polar surface area (TPSA) is 79.9 Å². The van der Waals surface area contributed by atoms with E-state index in [1.165, 1.54) is 23.9 Å². The lowest BCUT2D eigenvalue weighted by Gasteiger charge is -2.06. The van der Waals surface area contributed by atoms with Gasteiger partial charge in [0.25, 0.3) is 0 Å². The van der Waals surface area contributed by atoms with Gasteiger partial charge in [-0.05, 0) is 41.5 Å². The molecule has 1 heterocycles. The lowest BCUT2D eigenvalue weighted by Crippen LogP contribution is -2.24. The molecular weight excluding hydrogens is 379 g/mol. The highest BCUT2D eigenvalue weighted by Gasteiger charge is 2.07. The monoisotopic (exact) mass is 398 g/mol. The number of carbonyl (C=O) groups excluding carboxylic acids is 1. The number of thioether (sulfide) groups is 1. The van der Waals surface area contributed by atoms with Crippen molar-refractivity contribution in [2.75, 3.05) is 12.9 Å². The molecule has 0 atom stereocenters. The van der Waals surface area contributed by atoms with Crippen LogP contribution >= 0.6 is 11.8 Å². The first-order chi connectivity index (χ1) is 13.6. The molecule has 0 saturated carbocycles. The molecule has 0 aliphatic rings. The Morgan fingerprint density at radius 3 is 2.86 bits per heavy atom. The SMILES string of the molecule is COc1cccc(CNC(=O)CSc2n[nH]c(/C=C/c3ccc(F)cc3)n2)c1. The molecule has 0 bridgehead atoms. The van der Waals surface area contributed by atoms with Gasteiger partial charge in [0.1, 0.15) is 17.4 Å². The van der Waals surface area contributed by atoms with Crippen LogP contribution in [0.5, 0.6) is 5.75 Å². The summed E-state index contributed by atoms with van der Waals surface area (Å²) in [5.74, 6) is 1.14. The second-order valence-electron chi connectivity index (χ2n) is 5.81. The van der Waals surface area contributed by atoms with E-state index in [0.717, 1.165) is 16.9 Å². The zero-order chi connectivity index (χ0) is 19.8. The summed E-state index contributed by atoms with van der Waals surface area (Å²) in [6.07, 6.45) is 3.54. The van der Waals surface area contributed by atoms with Crippen LogP contribution in [-0.4, -0.2) is 34.0 Å². The van der Waals surface area contributed by atoms with Crippen molar-refractivity contribution in [3.05, 3.63) is 71.3 Å². The number of hydrogen-bond acceptors (Lipinski definition) is 5. The van der Waals surface area contributed by atoms with Crippen molar-refractivity contribution in [2.24, 2.45) is 0 Å². The molecule has 144 valence electrons. The van der Waals surface area contributed by atoms with E-state index in [-0.39, 0.29) is 17.5 Å². The molecule has 0 aliphatic carbocycles. The van der Waals surface area contributed by atoms with E-state index >= 15 is 0 Å². The van der Waals surface area contributed by atoms with Crippen LogP contribution < -0.4 is 10.1 Å². The molecule has 1 aromatic heterocycles. The van der Waals surface area contributed by atoms with E-state index in [1.54, 1.807) is 31.4 Å². The third-order valence-electron chi connectivity index (χ3n) is 3.74. The highest BCUT2D eigenvalue weighted by molar-refractivity contribution is 7.99. The average Bonchev–Trinajstić information content (AvgIpc) is 3.18. The van der Waals surface area contributed by atoms with E-state index in [4.69, 9.17) is 4.74 Å². The van der Waals surface area contributed by atoms with Crippen LogP contribution in [0.25, 0.3) is 12.2 Å². The molecule has 0 fully saturated rings. The summed E-state index contributed by atoms with van der Waals surface area (Å²) in [6.45, 7) is 0.427. The second kappa shape index (κ2) is 9.70. The first-order valence-corrected chi connectivity index (χ1v) is 9.49. The Morgan fingerprint density at radius 1 is 1.25 bits per heavy atom. The van der Waals surface area contributed by atoms with Crippen molar-refractivity contribution >= 4 is 29.8 Å². The number of rotatable bonds is 8. The van der Waals surface area contributed by atoms with E-state index in [0.29, 0.717) is 17.5 Å². The van der Waals surface area contributed by atoms with Gasteiger partial charge in [-0.1, -0.05) is 42.1 Å². The number of aromatic nitrogens is 3. The lowest BCUT2D eigenvalue weighted by atomic mass is 10.2. The van der Waals surface area contributed by atoms with Crippen molar-refractivity contribution < 1.29 is 13.9 Å². The Bertz CT molecular complexity index is 957. The summed E-state index contributed by atoms with van der Waals surface area (Å²) in [6, 6.07) is 13.7. The zero-order valence-electron chi connectivity index (χ0n) is 15.2. The van der Waals surface area contributed by atoms with Gasteiger partial charge in [-0.2, -0.15) is 0 Å². The average molecular weight is 398 g/mol. The minimum Gasteiger partial charge on any atom is -0.497 e. The highest BCUT2D eigenvalue weighted by Crippen LogP contribution is 2.14. The van der Waals surface area contributed by atoms with Crippen LogP contribution in [0.3, 0.4) is 0 Å². The van der Waals surface area contributed by atoms with Gasteiger partial charge < -0.3 is 10.1 Å². The summed E-state index contributed by atoms with van der Waals surface area (Å²) >= 11 is 1.24. The zero-order valence-corrected chi connectivity index (χ0v) is 16.0. The van der Waals surface area contributed by atoms with Gasteiger partial charge in [-0.3, -0.25) is 9.89 Å². The number of amides is 1. The minimum atomic E-state index is -0.278. The summed E-state index contributed by atoms with van der Waals surface area (Å²) in [7, 11) is 1.61. The quantitative estimate of drug-likeness (QED) is 0.568. The number of methoxy groups -OCH3 is 1. The number of halogens is 1. The highest BCUT2D eigenvalue weighted by atomic mass is 32.2. The smallest absolute Gasteiger partial charge is 0.230 e. The van der Waals surface area contributed by atoms with Crippen molar-refractivity contribution in [3.63, 3.8) is 0 Å². The Labute approximate surface area is 166 Å². The van der Waals surface area contributed by atoms with E-state index < -0.39 is 0 Å². The van der Waals surface area contributed by atoms with Gasteiger partial charge in [0.2, 0.25) is 11.1 Å². The Kier molecular flexibility index (Phi) is 6.80. The minimum absolute atomic E-state index is 0.110. The summed E-state index contributed by atoms with van der Waals surface area (Å²) in [5, 5.41) is 10.2. The third kappa shape index (κ3) is 5.95. The fourth-order valence-corrected chi connectivity index (χ4v) is 2.95. The molecule has 3 rings (SSSR count). The van der Waals surface area contributed by atoms with Gasteiger partial charge in [0.15, 0.2) is 0 Å². The molecule has 2 N–H and O–H groups in total. The Morgan fingerprint density at radius 2 is 2.07 bits per heavy atom. The summed E-state index contributed by atoms with van der Waals surface area (Å²) in [4.78, 5) is 16.3. The van der Waals surface area contributed by atoms with E-state index in [2.05, 4.69) is 20.5 Å². The van der Waals surface area contributed by atoms with Crippen molar-refractivity contribution in [1.82, 2.24) is 20.5 Å². The largest absolute Gasteiger partial charge is 0.497 e. The number of nitrogens with zero attached hydrogens (tertiary/aromatic N) is 2. The fourth-order valence-electron chi connectivity index (χ4n) is 2.31. The van der Waals surface area contributed by atoms with Gasteiger partial charge in [-0.25, -0.2) is 9.37 Å². The number of nitrogens with one attached hydrogen (secondary N) is 2. The molecule has 3 aromatic rings. The molecule has 2 aromatic carbocycles. The molecule has 0 radical (unpaired) electrons. The van der Waals surface area contributed by atoms with Gasteiger partial charge in [0.05, 0.1) is 12.9 Å². The number of hydrogen-bond donors (Lipinski definition) is 2. The van der Waals surface area contributed by atoms with Crippen LogP contribution in [0.4, 0.5) is 4.39 Å². The molecule has 0 saturated heterocycles. The molecule has 0 spiro atoms.